The summed E-state index contributed by atoms with van der Waals surface area (Å²) in [7, 11) is 0. The molecule has 0 amide bonds. The lowest BCUT2D eigenvalue weighted by molar-refractivity contribution is -0.322. The molecule has 1 atom stereocenters. The van der Waals surface area contributed by atoms with Gasteiger partial charge in [-0.2, -0.15) is 26.3 Å². The lowest BCUT2D eigenvalue weighted by Crippen LogP contribution is -2.45. The highest BCUT2D eigenvalue weighted by molar-refractivity contribution is 5.32. The van der Waals surface area contributed by atoms with Crippen LogP contribution in [0.25, 0.3) is 0 Å². The molecule has 2 nitrogen and oxygen atoms in total. The van der Waals surface area contributed by atoms with E-state index in [2.05, 4.69) is 4.74 Å². The Morgan fingerprint density at radius 2 is 1.57 bits per heavy atom. The Balaban J connectivity index is 2.83. The van der Waals surface area contributed by atoms with Crippen LogP contribution in [0.1, 0.15) is 22.7 Å². The van der Waals surface area contributed by atoms with Gasteiger partial charge in [-0.15, -0.1) is 0 Å². The molecule has 0 bridgehead atoms. The largest absolute Gasteiger partial charge is 0.423 e. The number of alkyl halides is 6. The zero-order valence-corrected chi connectivity index (χ0v) is 11.3. The third-order valence-electron chi connectivity index (χ3n) is 2.87. The van der Waals surface area contributed by atoms with Crippen LogP contribution in [0.5, 0.6) is 0 Å². The van der Waals surface area contributed by atoms with E-state index in [1.807, 2.05) is 0 Å². The van der Waals surface area contributed by atoms with Gasteiger partial charge >= 0.3 is 12.4 Å². The van der Waals surface area contributed by atoms with Gasteiger partial charge in [0.1, 0.15) is 0 Å². The number of hydrogen-bond acceptors (Lipinski definition) is 2. The van der Waals surface area contributed by atoms with Gasteiger partial charge in [-0.25, -0.2) is 0 Å². The van der Waals surface area contributed by atoms with E-state index in [-0.39, 0.29) is 0 Å². The number of halogens is 6. The summed E-state index contributed by atoms with van der Waals surface area (Å²) in [6, 6.07) is 3.99. The number of hydrogen-bond donors (Lipinski definition) is 1. The van der Waals surface area contributed by atoms with Crippen LogP contribution in [0.15, 0.2) is 18.2 Å². The summed E-state index contributed by atoms with van der Waals surface area (Å²) in [5.74, 6) is 0. The van der Waals surface area contributed by atoms with E-state index in [0.717, 1.165) is 5.56 Å². The van der Waals surface area contributed by atoms with Crippen molar-refractivity contribution in [2.45, 2.75) is 38.3 Å². The van der Waals surface area contributed by atoms with E-state index in [0.29, 0.717) is 11.1 Å². The number of nitrogens with two attached hydrogens (primary N) is 1. The van der Waals surface area contributed by atoms with Crippen LogP contribution in [0, 0.1) is 13.8 Å². The molecule has 0 saturated carbocycles. The van der Waals surface area contributed by atoms with Crippen molar-refractivity contribution < 1.29 is 31.1 Å². The molecule has 120 valence electrons. The van der Waals surface area contributed by atoms with Crippen molar-refractivity contribution in [2.75, 3.05) is 6.61 Å². The summed E-state index contributed by atoms with van der Waals surface area (Å²) in [6.45, 7) is 2.53. The predicted molar refractivity (Wildman–Crippen MR) is 64.7 cm³/mol. The summed E-state index contributed by atoms with van der Waals surface area (Å²) in [5.41, 5.74) is 7.57. The SMILES string of the molecule is Cc1ccc(C)c(C(N)COC(C(F)(F)F)C(F)(F)F)c1. The van der Waals surface area contributed by atoms with Crippen LogP contribution >= 0.6 is 0 Å². The van der Waals surface area contributed by atoms with E-state index in [1.54, 1.807) is 32.0 Å². The van der Waals surface area contributed by atoms with Crippen LogP contribution < -0.4 is 5.73 Å². The Kier molecular flexibility index (Phi) is 5.27. The molecule has 0 aliphatic heterocycles. The molecule has 21 heavy (non-hydrogen) atoms. The maximum absolute atomic E-state index is 12.3. The van der Waals surface area contributed by atoms with Crippen molar-refractivity contribution in [3.05, 3.63) is 34.9 Å². The van der Waals surface area contributed by atoms with E-state index in [1.165, 1.54) is 0 Å². The van der Waals surface area contributed by atoms with Gasteiger partial charge < -0.3 is 10.5 Å². The minimum absolute atomic E-state index is 0.457. The van der Waals surface area contributed by atoms with Gasteiger partial charge in [0.2, 0.25) is 6.10 Å². The molecule has 0 radical (unpaired) electrons. The minimum atomic E-state index is -5.53. The van der Waals surface area contributed by atoms with Gasteiger partial charge in [-0.1, -0.05) is 23.8 Å². The third-order valence-corrected chi connectivity index (χ3v) is 2.87. The van der Waals surface area contributed by atoms with E-state index in [9.17, 15) is 26.3 Å². The third kappa shape index (κ3) is 4.89. The molecule has 0 spiro atoms. The second-order valence-corrected chi connectivity index (χ2v) is 4.76. The number of aryl methyl sites for hydroxylation is 2. The topological polar surface area (TPSA) is 35.2 Å². The maximum atomic E-state index is 12.3. The van der Waals surface area contributed by atoms with Crippen LogP contribution in [-0.2, 0) is 4.74 Å². The summed E-state index contributed by atoms with van der Waals surface area (Å²) >= 11 is 0. The van der Waals surface area contributed by atoms with Gasteiger partial charge in [-0.3, -0.25) is 0 Å². The fraction of sp³-hybridized carbons (Fsp3) is 0.538. The van der Waals surface area contributed by atoms with E-state index in [4.69, 9.17) is 5.73 Å². The number of rotatable bonds is 4. The smallest absolute Gasteiger partial charge is 0.359 e. The van der Waals surface area contributed by atoms with Crippen molar-refractivity contribution in [3.8, 4) is 0 Å². The quantitative estimate of drug-likeness (QED) is 0.858. The molecule has 2 N–H and O–H groups in total. The minimum Gasteiger partial charge on any atom is -0.359 e. The molecule has 0 saturated heterocycles. The van der Waals surface area contributed by atoms with E-state index >= 15 is 0 Å². The number of ether oxygens (including phenoxy) is 1. The molecule has 1 rings (SSSR count). The Morgan fingerprint density at radius 1 is 1.05 bits per heavy atom. The first-order chi connectivity index (χ1) is 9.43. The lowest BCUT2D eigenvalue weighted by atomic mass is 10.00. The highest BCUT2D eigenvalue weighted by Crippen LogP contribution is 2.36. The van der Waals surface area contributed by atoms with Gasteiger partial charge in [0.05, 0.1) is 12.6 Å². The Bertz CT molecular complexity index is 469. The second kappa shape index (κ2) is 6.23. The van der Waals surface area contributed by atoms with E-state index < -0.39 is 31.1 Å². The molecule has 0 heterocycles. The average Bonchev–Trinajstić information content (AvgIpc) is 2.28. The molecular weight excluding hydrogens is 300 g/mol. The highest BCUT2D eigenvalue weighted by atomic mass is 19.4. The van der Waals surface area contributed by atoms with Crippen molar-refractivity contribution in [3.63, 3.8) is 0 Å². The number of benzene rings is 1. The second-order valence-electron chi connectivity index (χ2n) is 4.76. The van der Waals surface area contributed by atoms with Gasteiger partial charge in [0.25, 0.3) is 0 Å². The Morgan fingerprint density at radius 3 is 2.05 bits per heavy atom. The van der Waals surface area contributed by atoms with Crippen LogP contribution in [0.4, 0.5) is 26.3 Å². The molecule has 0 fully saturated rings. The van der Waals surface area contributed by atoms with Crippen molar-refractivity contribution >= 4 is 0 Å². The molecular formula is C13H15F6NO. The lowest BCUT2D eigenvalue weighted by Gasteiger charge is -2.25. The van der Waals surface area contributed by atoms with Crippen LogP contribution in [-0.4, -0.2) is 25.1 Å². The van der Waals surface area contributed by atoms with Crippen molar-refractivity contribution in [1.82, 2.24) is 0 Å². The summed E-state index contributed by atoms with van der Waals surface area (Å²) in [5, 5.41) is 0. The van der Waals surface area contributed by atoms with Crippen molar-refractivity contribution in [2.24, 2.45) is 5.73 Å². The maximum Gasteiger partial charge on any atom is 0.423 e. The Hall–Kier alpha value is -1.28. The summed E-state index contributed by atoms with van der Waals surface area (Å²) in [4.78, 5) is 0. The average molecular weight is 315 g/mol. The highest BCUT2D eigenvalue weighted by Gasteiger charge is 2.58. The zero-order chi connectivity index (χ0) is 16.4. The zero-order valence-electron chi connectivity index (χ0n) is 11.3. The first-order valence-electron chi connectivity index (χ1n) is 6.00. The first kappa shape index (κ1) is 17.8. The molecule has 0 aromatic heterocycles. The predicted octanol–water partition coefficient (Wildman–Crippen LogP) is 3.81. The van der Waals surface area contributed by atoms with Crippen LogP contribution in [0.2, 0.25) is 0 Å². The first-order valence-corrected chi connectivity index (χ1v) is 6.00. The van der Waals surface area contributed by atoms with Gasteiger partial charge in [-0.05, 0) is 25.0 Å². The summed E-state index contributed by atoms with van der Waals surface area (Å²) < 4.78 is 78.0. The van der Waals surface area contributed by atoms with Gasteiger partial charge in [0.15, 0.2) is 0 Å². The van der Waals surface area contributed by atoms with Crippen molar-refractivity contribution in [1.29, 1.82) is 0 Å². The molecule has 1 unspecified atom stereocenters. The van der Waals surface area contributed by atoms with Crippen LogP contribution in [0.3, 0.4) is 0 Å². The normalized spacial score (nSPS) is 14.6. The molecule has 0 aliphatic carbocycles. The molecule has 0 aliphatic rings. The summed E-state index contributed by atoms with van der Waals surface area (Å²) in [6.07, 6.45) is -14.9. The monoisotopic (exact) mass is 315 g/mol. The molecule has 8 heteroatoms. The fourth-order valence-electron chi connectivity index (χ4n) is 1.82. The Labute approximate surface area is 117 Å². The fourth-order valence-corrected chi connectivity index (χ4v) is 1.82. The van der Waals surface area contributed by atoms with Gasteiger partial charge in [0, 0.05) is 0 Å². The molecule has 1 aromatic carbocycles. The molecule has 1 aromatic rings. The standard InChI is InChI=1S/C13H15F6NO/c1-7-3-4-8(2)9(5-7)10(20)6-21-11(12(14,15)16)13(17,18)19/h3-5,10-11H,6,20H2,1-2H3.